The lowest BCUT2D eigenvalue weighted by atomic mass is 9.87. The summed E-state index contributed by atoms with van der Waals surface area (Å²) in [6.07, 6.45) is 12.4. The van der Waals surface area contributed by atoms with Crippen molar-refractivity contribution in [3.63, 3.8) is 0 Å². The van der Waals surface area contributed by atoms with Crippen LogP contribution in [0.15, 0.2) is 18.2 Å². The molecule has 0 N–H and O–H groups in total. The molecule has 41 heavy (non-hydrogen) atoms. The van der Waals surface area contributed by atoms with Gasteiger partial charge in [0.15, 0.2) is 11.6 Å². The molecule has 2 unspecified atom stereocenters. The van der Waals surface area contributed by atoms with Gasteiger partial charge in [0.2, 0.25) is 5.95 Å². The highest BCUT2D eigenvalue weighted by Crippen LogP contribution is 2.33. The first-order chi connectivity index (χ1) is 19.9. The second kappa shape index (κ2) is 18.5. The number of rotatable bonds is 20. The Morgan fingerprint density at radius 1 is 0.878 bits per heavy atom. The molecule has 0 bridgehead atoms. The van der Waals surface area contributed by atoms with Crippen molar-refractivity contribution in [1.29, 1.82) is 0 Å². The molecule has 3 nitrogen and oxygen atoms in total. The maximum absolute atomic E-state index is 15.2. The first-order valence-electron chi connectivity index (χ1n) is 15.9. The Kier molecular flexibility index (Phi) is 15.1. The summed E-state index contributed by atoms with van der Waals surface area (Å²) in [6, 6.07) is 4.77. The van der Waals surface area contributed by atoms with Crippen LogP contribution in [-0.4, -0.2) is 37.1 Å². The molecule has 0 spiro atoms. The number of nitrogens with zero attached hydrogens (tertiary/aromatic N) is 1. The number of hydrogen-bond acceptors (Lipinski definition) is 3. The second-order valence-corrected chi connectivity index (χ2v) is 11.5. The van der Waals surface area contributed by atoms with Crippen LogP contribution in [0.2, 0.25) is 0 Å². The van der Waals surface area contributed by atoms with E-state index in [0.29, 0.717) is 36.8 Å². The number of fused-ring (bicyclic) bond motifs is 1. The highest BCUT2D eigenvalue weighted by molar-refractivity contribution is 5.63. The molecule has 0 amide bonds. The maximum Gasteiger partial charge on any atom is 0.216 e. The van der Waals surface area contributed by atoms with Crippen LogP contribution in [0.5, 0.6) is 0 Å². The highest BCUT2D eigenvalue weighted by atomic mass is 19.2. The molecule has 0 radical (unpaired) electrons. The Labute approximate surface area is 244 Å². The molecule has 1 aliphatic carbocycles. The minimum absolute atomic E-state index is 0.0171. The molecule has 0 saturated heterocycles. The number of halogens is 4. The molecule has 3 rings (SSSR count). The molecule has 230 valence electrons. The van der Waals surface area contributed by atoms with Crippen LogP contribution >= 0.6 is 0 Å². The van der Waals surface area contributed by atoms with E-state index in [0.717, 1.165) is 64.6 Å². The predicted octanol–water partition coefficient (Wildman–Crippen LogP) is 9.66. The predicted molar refractivity (Wildman–Crippen MR) is 157 cm³/mol. The van der Waals surface area contributed by atoms with Crippen molar-refractivity contribution in [2.45, 2.75) is 129 Å². The van der Waals surface area contributed by atoms with Crippen LogP contribution in [0.4, 0.5) is 17.6 Å². The fraction of sp³-hybridized carbons (Fsp3) is 0.676. The molecule has 0 fully saturated rings. The van der Waals surface area contributed by atoms with E-state index < -0.39 is 23.8 Å². The fourth-order valence-electron chi connectivity index (χ4n) is 5.48. The molecule has 0 aliphatic heterocycles. The summed E-state index contributed by atoms with van der Waals surface area (Å²) in [5, 5.41) is 0. The molecular weight excluding hydrogens is 530 g/mol. The molecule has 1 aromatic heterocycles. The van der Waals surface area contributed by atoms with E-state index in [2.05, 4.69) is 18.8 Å². The molecule has 1 aliphatic rings. The van der Waals surface area contributed by atoms with E-state index in [1.54, 1.807) is 18.2 Å². The summed E-state index contributed by atoms with van der Waals surface area (Å²) in [6.45, 7) is 5.80. The maximum atomic E-state index is 15.2. The van der Waals surface area contributed by atoms with Crippen LogP contribution in [0.1, 0.15) is 114 Å². The Morgan fingerprint density at radius 3 is 2.29 bits per heavy atom. The Morgan fingerprint density at radius 2 is 1.59 bits per heavy atom. The van der Waals surface area contributed by atoms with Crippen LogP contribution in [-0.2, 0) is 28.7 Å². The number of pyridine rings is 1. The minimum Gasteiger partial charge on any atom is -0.381 e. The van der Waals surface area contributed by atoms with Gasteiger partial charge in [0.05, 0.1) is 18.4 Å². The summed E-state index contributed by atoms with van der Waals surface area (Å²) in [5.41, 5.74) is 1.48. The van der Waals surface area contributed by atoms with Crippen LogP contribution in [0, 0.1) is 17.6 Å². The average Bonchev–Trinajstić information content (AvgIpc) is 2.97. The Balaban J connectivity index is 1.49. The molecule has 1 heterocycles. The van der Waals surface area contributed by atoms with Crippen molar-refractivity contribution < 1.29 is 27.0 Å². The van der Waals surface area contributed by atoms with E-state index in [4.69, 9.17) is 9.47 Å². The van der Waals surface area contributed by atoms with Gasteiger partial charge in [0, 0.05) is 30.8 Å². The van der Waals surface area contributed by atoms with Gasteiger partial charge in [0.25, 0.3) is 0 Å². The summed E-state index contributed by atoms with van der Waals surface area (Å²) >= 11 is 0. The largest absolute Gasteiger partial charge is 0.381 e. The van der Waals surface area contributed by atoms with Gasteiger partial charge in [-0.05, 0) is 68.2 Å². The zero-order valence-corrected chi connectivity index (χ0v) is 25.1. The van der Waals surface area contributed by atoms with E-state index in [-0.39, 0.29) is 36.0 Å². The fourth-order valence-corrected chi connectivity index (χ4v) is 5.48. The van der Waals surface area contributed by atoms with Gasteiger partial charge in [-0.3, -0.25) is 0 Å². The zero-order chi connectivity index (χ0) is 29.5. The smallest absolute Gasteiger partial charge is 0.216 e. The summed E-state index contributed by atoms with van der Waals surface area (Å²) in [4.78, 5) is 3.99. The first kappa shape index (κ1) is 33.5. The lowest BCUT2D eigenvalue weighted by Crippen LogP contribution is -2.27. The third kappa shape index (κ3) is 11.0. The number of benzene rings is 1. The third-order valence-corrected chi connectivity index (χ3v) is 8.03. The van der Waals surface area contributed by atoms with Gasteiger partial charge in [0.1, 0.15) is 6.17 Å². The van der Waals surface area contributed by atoms with Gasteiger partial charge in [-0.25, -0.2) is 18.2 Å². The van der Waals surface area contributed by atoms with E-state index in [1.807, 2.05) is 0 Å². The highest BCUT2D eigenvalue weighted by Gasteiger charge is 2.27. The average molecular weight is 580 g/mol. The lowest BCUT2D eigenvalue weighted by Gasteiger charge is -2.26. The zero-order valence-electron chi connectivity index (χ0n) is 25.1. The number of hydrogen-bond donors (Lipinski definition) is 0. The van der Waals surface area contributed by atoms with Gasteiger partial charge in [-0.2, -0.15) is 4.39 Å². The molecular formula is C34H49F4NO2. The Hall–Kier alpha value is -1.99. The van der Waals surface area contributed by atoms with Crippen LogP contribution in [0.25, 0.3) is 11.3 Å². The van der Waals surface area contributed by atoms with E-state index in [1.165, 1.54) is 19.3 Å². The monoisotopic (exact) mass is 579 g/mol. The standard InChI is InChI=1S/C34H49F4NO2/c1-3-5-7-11-15-27(35)24-41-28-18-16-26-22-30(33(37)32(36)29(26)23-28)31-19-17-25(34(38)39-31)14-10-9-13-21-40-20-12-8-6-4-2/h17,19,22,27-28H,3-16,18,20-21,23-24H2,1-2H3. The second-order valence-electron chi connectivity index (χ2n) is 11.5. The van der Waals surface area contributed by atoms with Gasteiger partial charge < -0.3 is 9.47 Å². The SMILES string of the molecule is CCCCCCOCCCCCc1ccc(-c2cc3c(c(F)c2F)CC(OCC(F)CCCCCC)CC3)nc1F. The topological polar surface area (TPSA) is 31.4 Å². The normalized spacial score (nSPS) is 15.7. The summed E-state index contributed by atoms with van der Waals surface area (Å²) < 4.78 is 70.7. The van der Waals surface area contributed by atoms with Crippen molar-refractivity contribution in [2.75, 3.05) is 19.8 Å². The molecule has 0 saturated carbocycles. The Bertz CT molecular complexity index is 1050. The van der Waals surface area contributed by atoms with Gasteiger partial charge >= 0.3 is 0 Å². The number of aromatic nitrogens is 1. The van der Waals surface area contributed by atoms with Crippen molar-refractivity contribution in [3.05, 3.63) is 52.5 Å². The quantitative estimate of drug-likeness (QED) is 0.0889. The number of ether oxygens (including phenoxy) is 2. The van der Waals surface area contributed by atoms with Crippen molar-refractivity contribution in [3.8, 4) is 11.3 Å². The van der Waals surface area contributed by atoms with Crippen LogP contribution in [0.3, 0.4) is 0 Å². The summed E-state index contributed by atoms with van der Waals surface area (Å²) in [7, 11) is 0. The van der Waals surface area contributed by atoms with Crippen molar-refractivity contribution in [2.24, 2.45) is 0 Å². The van der Waals surface area contributed by atoms with E-state index in [9.17, 15) is 8.78 Å². The van der Waals surface area contributed by atoms with Gasteiger partial charge in [-0.15, -0.1) is 0 Å². The third-order valence-electron chi connectivity index (χ3n) is 8.03. The number of aryl methyl sites for hydroxylation is 2. The first-order valence-corrected chi connectivity index (χ1v) is 15.9. The van der Waals surface area contributed by atoms with E-state index >= 15 is 8.78 Å². The molecule has 2 atom stereocenters. The van der Waals surface area contributed by atoms with Crippen LogP contribution < -0.4 is 0 Å². The molecule has 1 aromatic carbocycles. The number of alkyl halides is 1. The minimum atomic E-state index is -1.04. The summed E-state index contributed by atoms with van der Waals surface area (Å²) in [5.74, 6) is -2.62. The molecule has 7 heteroatoms. The van der Waals surface area contributed by atoms with Gasteiger partial charge in [-0.1, -0.05) is 71.3 Å². The lowest BCUT2D eigenvalue weighted by molar-refractivity contribution is 0.00865. The van der Waals surface area contributed by atoms with Crippen molar-refractivity contribution >= 4 is 0 Å². The molecule has 2 aromatic rings. The number of unbranched alkanes of at least 4 members (excludes halogenated alkanes) is 8. The van der Waals surface area contributed by atoms with Crippen molar-refractivity contribution in [1.82, 2.24) is 4.98 Å².